The molecule has 4 nitrogen and oxygen atoms in total. The van der Waals surface area contributed by atoms with Gasteiger partial charge in [0.15, 0.2) is 0 Å². The average Bonchev–Trinajstić information content (AvgIpc) is 2.46. The van der Waals surface area contributed by atoms with E-state index >= 15 is 0 Å². The summed E-state index contributed by atoms with van der Waals surface area (Å²) in [5.74, 6) is -0.359. The molecule has 0 saturated carbocycles. The van der Waals surface area contributed by atoms with Crippen LogP contribution in [0.3, 0.4) is 0 Å². The molecule has 6 heteroatoms. The fourth-order valence-electron chi connectivity index (χ4n) is 1.86. The van der Waals surface area contributed by atoms with E-state index < -0.39 is 0 Å². The van der Waals surface area contributed by atoms with Crippen molar-refractivity contribution in [1.29, 1.82) is 0 Å². The van der Waals surface area contributed by atoms with Crippen LogP contribution in [0.25, 0.3) is 0 Å². The number of rotatable bonds is 6. The van der Waals surface area contributed by atoms with E-state index in [1.54, 1.807) is 36.1 Å². The Balaban J connectivity index is 2.07. The van der Waals surface area contributed by atoms with Crippen molar-refractivity contribution in [2.45, 2.75) is 13.1 Å². The summed E-state index contributed by atoms with van der Waals surface area (Å²) in [6, 6.07) is 7.68. The van der Waals surface area contributed by atoms with Crippen LogP contribution in [0.5, 0.6) is 0 Å². The number of benzene rings is 1. The highest BCUT2D eigenvalue weighted by molar-refractivity contribution is 6.30. The highest BCUT2D eigenvalue weighted by Gasteiger charge is 2.04. The molecular weight excluding hydrogens is 295 g/mol. The van der Waals surface area contributed by atoms with Crippen molar-refractivity contribution >= 4 is 17.3 Å². The Labute approximate surface area is 127 Å². The fraction of sp³-hybridized carbons (Fsp3) is 0.267. The van der Waals surface area contributed by atoms with Gasteiger partial charge >= 0.3 is 0 Å². The molecule has 0 fully saturated rings. The van der Waals surface area contributed by atoms with Crippen LogP contribution < -0.4 is 10.9 Å². The predicted octanol–water partition coefficient (Wildman–Crippen LogP) is 2.90. The molecule has 1 aromatic carbocycles. The number of aromatic nitrogens is 1. The molecule has 0 saturated heterocycles. The van der Waals surface area contributed by atoms with Gasteiger partial charge in [-0.05, 0) is 18.2 Å². The number of halogens is 2. The molecule has 0 spiro atoms. The van der Waals surface area contributed by atoms with Crippen LogP contribution in [-0.4, -0.2) is 18.3 Å². The summed E-state index contributed by atoms with van der Waals surface area (Å²) in [7, 11) is 1.58. The van der Waals surface area contributed by atoms with Crippen molar-refractivity contribution in [1.82, 2.24) is 4.57 Å². The summed E-state index contributed by atoms with van der Waals surface area (Å²) < 4.78 is 20.2. The minimum absolute atomic E-state index is 0.102. The van der Waals surface area contributed by atoms with E-state index in [0.29, 0.717) is 30.3 Å². The predicted molar refractivity (Wildman–Crippen MR) is 81.3 cm³/mol. The van der Waals surface area contributed by atoms with E-state index in [2.05, 4.69) is 5.32 Å². The first kappa shape index (κ1) is 15.5. The molecule has 1 heterocycles. The number of ether oxygens (including phenoxy) is 1. The molecule has 0 aliphatic carbocycles. The minimum Gasteiger partial charge on any atom is -0.383 e. The number of hydrogen-bond donors (Lipinski definition) is 1. The molecule has 0 aliphatic rings. The number of nitrogens with one attached hydrogen (secondary N) is 1. The van der Waals surface area contributed by atoms with Crippen molar-refractivity contribution in [3.05, 3.63) is 63.3 Å². The molecule has 0 radical (unpaired) electrons. The molecule has 1 N–H and O–H groups in total. The van der Waals surface area contributed by atoms with Crippen molar-refractivity contribution in [2.24, 2.45) is 0 Å². The minimum atomic E-state index is -0.359. The number of nitrogens with zero attached hydrogens (tertiary/aromatic N) is 1. The van der Waals surface area contributed by atoms with Crippen LogP contribution in [-0.2, 0) is 17.8 Å². The molecule has 21 heavy (non-hydrogen) atoms. The zero-order valence-electron chi connectivity index (χ0n) is 11.6. The number of methoxy groups -OCH3 is 1. The summed E-state index contributed by atoms with van der Waals surface area (Å²) in [5.41, 5.74) is 1.14. The topological polar surface area (TPSA) is 43.3 Å². The quantitative estimate of drug-likeness (QED) is 0.892. The first-order valence-corrected chi connectivity index (χ1v) is 6.85. The van der Waals surface area contributed by atoms with E-state index in [9.17, 15) is 9.18 Å². The third kappa shape index (κ3) is 4.31. The van der Waals surface area contributed by atoms with Gasteiger partial charge in [0.25, 0.3) is 5.56 Å². The second-order valence-corrected chi connectivity index (χ2v) is 4.97. The smallest absolute Gasteiger partial charge is 0.250 e. The van der Waals surface area contributed by atoms with E-state index in [4.69, 9.17) is 16.3 Å². The molecule has 0 bridgehead atoms. The molecule has 0 aliphatic heterocycles. The van der Waals surface area contributed by atoms with Gasteiger partial charge in [0.05, 0.1) is 12.3 Å². The molecule has 0 amide bonds. The molecular formula is C15H16ClFN2O2. The Morgan fingerprint density at radius 3 is 2.86 bits per heavy atom. The second kappa shape index (κ2) is 7.24. The lowest BCUT2D eigenvalue weighted by Gasteiger charge is -2.10. The van der Waals surface area contributed by atoms with E-state index in [1.165, 1.54) is 12.1 Å². The first-order valence-electron chi connectivity index (χ1n) is 6.47. The maximum atomic E-state index is 13.7. The molecule has 0 atom stereocenters. The normalized spacial score (nSPS) is 10.6. The van der Waals surface area contributed by atoms with Gasteiger partial charge in [-0.2, -0.15) is 0 Å². The summed E-state index contributed by atoms with van der Waals surface area (Å²) in [6.07, 6.45) is 1.69. The Hall–Kier alpha value is -1.85. The largest absolute Gasteiger partial charge is 0.383 e. The Morgan fingerprint density at radius 1 is 1.33 bits per heavy atom. The van der Waals surface area contributed by atoms with Gasteiger partial charge in [-0.1, -0.05) is 17.7 Å². The molecule has 2 aromatic rings. The Morgan fingerprint density at radius 2 is 2.14 bits per heavy atom. The Kier molecular flexibility index (Phi) is 5.36. The van der Waals surface area contributed by atoms with E-state index in [0.717, 1.165) is 5.69 Å². The van der Waals surface area contributed by atoms with Gasteiger partial charge in [-0.25, -0.2) is 4.39 Å². The summed E-state index contributed by atoms with van der Waals surface area (Å²) in [4.78, 5) is 11.6. The lowest BCUT2D eigenvalue weighted by Crippen LogP contribution is -2.21. The van der Waals surface area contributed by atoms with Gasteiger partial charge in [0.1, 0.15) is 5.82 Å². The lowest BCUT2D eigenvalue weighted by molar-refractivity contribution is 0.186. The number of hydrogen-bond acceptors (Lipinski definition) is 3. The number of pyridine rings is 1. The molecule has 2 rings (SSSR count). The fourth-order valence-corrected chi connectivity index (χ4v) is 2.02. The van der Waals surface area contributed by atoms with Gasteiger partial charge < -0.3 is 14.6 Å². The summed E-state index contributed by atoms with van der Waals surface area (Å²) in [5, 5.41) is 3.45. The van der Waals surface area contributed by atoms with Crippen molar-refractivity contribution in [3.8, 4) is 0 Å². The zero-order chi connectivity index (χ0) is 15.2. The maximum Gasteiger partial charge on any atom is 0.250 e. The summed E-state index contributed by atoms with van der Waals surface area (Å²) in [6.45, 7) is 1.24. The Bertz CT molecular complexity index is 673. The standard InChI is InChI=1S/C15H16ClFN2O2/c1-21-7-6-19-10-13(4-5-15(19)20)18-9-11-2-3-12(16)8-14(11)17/h2-5,8,10,18H,6-7,9H2,1H3. The van der Waals surface area contributed by atoms with Crippen LogP contribution in [0.15, 0.2) is 41.3 Å². The molecule has 1 aromatic heterocycles. The maximum absolute atomic E-state index is 13.7. The molecule has 112 valence electrons. The van der Waals surface area contributed by atoms with Crippen LogP contribution in [0.1, 0.15) is 5.56 Å². The van der Waals surface area contributed by atoms with Crippen LogP contribution in [0.4, 0.5) is 10.1 Å². The summed E-state index contributed by atoms with van der Waals surface area (Å²) >= 11 is 5.71. The third-order valence-electron chi connectivity index (χ3n) is 3.02. The van der Waals surface area contributed by atoms with E-state index in [-0.39, 0.29) is 11.4 Å². The van der Waals surface area contributed by atoms with Gasteiger partial charge in [-0.3, -0.25) is 4.79 Å². The SMILES string of the molecule is COCCn1cc(NCc2ccc(Cl)cc2F)ccc1=O. The first-order chi connectivity index (χ1) is 10.1. The third-order valence-corrected chi connectivity index (χ3v) is 3.25. The van der Waals surface area contributed by atoms with E-state index in [1.807, 2.05) is 0 Å². The van der Waals surface area contributed by atoms with Crippen molar-refractivity contribution in [3.63, 3.8) is 0 Å². The van der Waals surface area contributed by atoms with Gasteiger partial charge in [0, 0.05) is 43.0 Å². The zero-order valence-corrected chi connectivity index (χ0v) is 12.4. The van der Waals surface area contributed by atoms with Gasteiger partial charge in [-0.15, -0.1) is 0 Å². The highest BCUT2D eigenvalue weighted by atomic mass is 35.5. The lowest BCUT2D eigenvalue weighted by atomic mass is 10.2. The van der Waals surface area contributed by atoms with Crippen molar-refractivity contribution in [2.75, 3.05) is 19.0 Å². The number of anilines is 1. The van der Waals surface area contributed by atoms with Crippen LogP contribution in [0, 0.1) is 5.82 Å². The van der Waals surface area contributed by atoms with Crippen LogP contribution >= 0.6 is 11.6 Å². The highest BCUT2D eigenvalue weighted by Crippen LogP contribution is 2.16. The van der Waals surface area contributed by atoms with Crippen molar-refractivity contribution < 1.29 is 9.13 Å². The average molecular weight is 311 g/mol. The van der Waals surface area contributed by atoms with Crippen LogP contribution in [0.2, 0.25) is 5.02 Å². The van der Waals surface area contributed by atoms with Gasteiger partial charge in [0.2, 0.25) is 0 Å². The molecule has 0 unspecified atom stereocenters. The second-order valence-electron chi connectivity index (χ2n) is 4.53. The monoisotopic (exact) mass is 310 g/mol.